The minimum atomic E-state index is 0.677. The lowest BCUT2D eigenvalue weighted by Crippen LogP contribution is -2.43. The molecule has 0 N–H and O–H groups in total. The van der Waals surface area contributed by atoms with Crippen LogP contribution in [0, 0.1) is 0 Å². The number of halogens is 2. The third-order valence-electron chi connectivity index (χ3n) is 5.68. The van der Waals surface area contributed by atoms with E-state index in [-0.39, 0.29) is 0 Å². The summed E-state index contributed by atoms with van der Waals surface area (Å²) in [7, 11) is 0. The number of fused-ring (bicyclic) bond motifs is 1. The van der Waals surface area contributed by atoms with Crippen LogP contribution in [0.25, 0.3) is 11.0 Å². The van der Waals surface area contributed by atoms with Gasteiger partial charge < -0.3 is 4.57 Å². The van der Waals surface area contributed by atoms with Crippen molar-refractivity contribution in [1.29, 1.82) is 0 Å². The van der Waals surface area contributed by atoms with Crippen LogP contribution in [-0.2, 0) is 13.1 Å². The maximum Gasteiger partial charge on any atom is 0.124 e. The normalized spacial score (nSPS) is 15.4. The topological polar surface area (TPSA) is 24.3 Å². The Balaban J connectivity index is 1.28. The van der Waals surface area contributed by atoms with E-state index in [1.165, 1.54) is 11.1 Å². The second kappa shape index (κ2) is 9.86. The SMILES string of the molecule is Clc1cc(Cl)cc(SN2CCN(Cc3nc4ccccc4n3Cc3ccccc3)CC2)c1. The average Bonchev–Trinajstić information content (AvgIpc) is 3.12. The lowest BCUT2D eigenvalue weighted by Gasteiger charge is -2.33. The summed E-state index contributed by atoms with van der Waals surface area (Å²) in [6.07, 6.45) is 0. The number of hydrogen-bond acceptors (Lipinski definition) is 4. The van der Waals surface area contributed by atoms with E-state index >= 15 is 0 Å². The van der Waals surface area contributed by atoms with Gasteiger partial charge in [-0.25, -0.2) is 9.29 Å². The van der Waals surface area contributed by atoms with Crippen molar-refractivity contribution in [2.75, 3.05) is 26.2 Å². The molecule has 0 spiro atoms. The predicted molar refractivity (Wildman–Crippen MR) is 134 cm³/mol. The molecule has 4 aromatic rings. The van der Waals surface area contributed by atoms with E-state index in [0.29, 0.717) is 10.0 Å². The molecule has 1 aliphatic rings. The Labute approximate surface area is 202 Å². The van der Waals surface area contributed by atoms with Crippen LogP contribution >= 0.6 is 35.1 Å². The monoisotopic (exact) mass is 482 g/mol. The van der Waals surface area contributed by atoms with Gasteiger partial charge in [-0.2, -0.15) is 0 Å². The molecule has 1 aromatic heterocycles. The van der Waals surface area contributed by atoms with Crippen molar-refractivity contribution < 1.29 is 0 Å². The van der Waals surface area contributed by atoms with E-state index in [1.807, 2.05) is 12.1 Å². The predicted octanol–water partition coefficient (Wildman–Crippen LogP) is 6.22. The maximum atomic E-state index is 6.15. The van der Waals surface area contributed by atoms with Crippen molar-refractivity contribution in [3.63, 3.8) is 0 Å². The first-order valence-electron chi connectivity index (χ1n) is 10.7. The van der Waals surface area contributed by atoms with Crippen LogP contribution in [0.1, 0.15) is 11.4 Å². The maximum absolute atomic E-state index is 6.15. The molecule has 32 heavy (non-hydrogen) atoms. The van der Waals surface area contributed by atoms with Crippen LogP contribution in [-0.4, -0.2) is 44.9 Å². The molecule has 5 rings (SSSR count). The van der Waals surface area contributed by atoms with Crippen molar-refractivity contribution >= 4 is 46.2 Å². The van der Waals surface area contributed by atoms with E-state index in [1.54, 1.807) is 18.0 Å². The Morgan fingerprint density at radius 2 is 1.47 bits per heavy atom. The first-order valence-corrected chi connectivity index (χ1v) is 12.3. The molecular weight excluding hydrogens is 459 g/mol. The van der Waals surface area contributed by atoms with Crippen molar-refractivity contribution in [2.45, 2.75) is 18.0 Å². The molecule has 3 aromatic carbocycles. The molecule has 1 saturated heterocycles. The highest BCUT2D eigenvalue weighted by molar-refractivity contribution is 7.97. The van der Waals surface area contributed by atoms with Crippen molar-refractivity contribution in [3.8, 4) is 0 Å². The van der Waals surface area contributed by atoms with Crippen LogP contribution in [0.2, 0.25) is 10.0 Å². The Morgan fingerprint density at radius 3 is 2.22 bits per heavy atom. The smallest absolute Gasteiger partial charge is 0.124 e. The van der Waals surface area contributed by atoms with E-state index in [2.05, 4.69) is 68.4 Å². The van der Waals surface area contributed by atoms with Gasteiger partial charge in [0.05, 0.1) is 17.6 Å². The average molecular weight is 483 g/mol. The van der Waals surface area contributed by atoms with Gasteiger partial charge in [0.1, 0.15) is 5.82 Å². The number of hydrogen-bond donors (Lipinski definition) is 0. The van der Waals surface area contributed by atoms with E-state index < -0.39 is 0 Å². The number of benzene rings is 3. The molecule has 0 unspecified atom stereocenters. The Bertz CT molecular complexity index is 1180. The van der Waals surface area contributed by atoms with Crippen LogP contribution < -0.4 is 0 Å². The summed E-state index contributed by atoms with van der Waals surface area (Å²) < 4.78 is 4.74. The molecule has 4 nitrogen and oxygen atoms in total. The number of para-hydroxylation sites is 2. The quantitative estimate of drug-likeness (QED) is 0.304. The Hall–Kier alpha value is -2.02. The fraction of sp³-hybridized carbons (Fsp3) is 0.240. The van der Waals surface area contributed by atoms with Crippen LogP contribution in [0.15, 0.2) is 77.7 Å². The first-order chi connectivity index (χ1) is 15.6. The number of rotatable bonds is 6. The number of piperazine rings is 1. The summed E-state index contributed by atoms with van der Waals surface area (Å²) in [6.45, 7) is 5.64. The first kappa shape index (κ1) is 21.8. The lowest BCUT2D eigenvalue weighted by molar-refractivity contribution is 0.184. The largest absolute Gasteiger partial charge is 0.322 e. The lowest BCUT2D eigenvalue weighted by atomic mass is 10.2. The molecule has 0 bridgehead atoms. The molecule has 0 amide bonds. The van der Waals surface area contributed by atoms with E-state index in [4.69, 9.17) is 28.2 Å². The zero-order valence-corrected chi connectivity index (χ0v) is 20.0. The van der Waals surface area contributed by atoms with Crippen molar-refractivity contribution in [2.24, 2.45) is 0 Å². The van der Waals surface area contributed by atoms with Crippen molar-refractivity contribution in [1.82, 2.24) is 18.8 Å². The Morgan fingerprint density at radius 1 is 0.781 bits per heavy atom. The summed E-state index contributed by atoms with van der Waals surface area (Å²) in [6, 6.07) is 24.7. The van der Waals surface area contributed by atoms with E-state index in [0.717, 1.165) is 55.5 Å². The summed E-state index contributed by atoms with van der Waals surface area (Å²) in [5, 5.41) is 1.35. The van der Waals surface area contributed by atoms with Gasteiger partial charge >= 0.3 is 0 Å². The van der Waals surface area contributed by atoms with Crippen molar-refractivity contribution in [3.05, 3.63) is 94.2 Å². The zero-order valence-electron chi connectivity index (χ0n) is 17.6. The third kappa shape index (κ3) is 5.13. The van der Waals surface area contributed by atoms with Gasteiger partial charge in [0, 0.05) is 47.7 Å². The second-order valence-electron chi connectivity index (χ2n) is 7.99. The molecule has 0 aliphatic carbocycles. The Kier molecular flexibility index (Phi) is 6.72. The highest BCUT2D eigenvalue weighted by Gasteiger charge is 2.21. The molecular formula is C25H24Cl2N4S. The molecule has 164 valence electrons. The minimum Gasteiger partial charge on any atom is -0.322 e. The number of aromatic nitrogens is 2. The third-order valence-corrected chi connectivity index (χ3v) is 7.19. The molecule has 7 heteroatoms. The minimum absolute atomic E-state index is 0.677. The highest BCUT2D eigenvalue weighted by Crippen LogP contribution is 2.30. The number of imidazole rings is 1. The van der Waals surface area contributed by atoms with E-state index in [9.17, 15) is 0 Å². The molecule has 1 fully saturated rings. The molecule has 0 radical (unpaired) electrons. The molecule has 0 atom stereocenters. The molecule has 2 heterocycles. The summed E-state index contributed by atoms with van der Waals surface area (Å²) >= 11 is 14.0. The zero-order chi connectivity index (χ0) is 21.9. The van der Waals surface area contributed by atoms with Crippen LogP contribution in [0.5, 0.6) is 0 Å². The van der Waals surface area contributed by atoms with Gasteiger partial charge in [0.2, 0.25) is 0 Å². The van der Waals surface area contributed by atoms with Gasteiger partial charge in [-0.1, -0.05) is 65.7 Å². The van der Waals surface area contributed by atoms with Gasteiger partial charge in [-0.15, -0.1) is 0 Å². The molecule has 0 saturated carbocycles. The summed E-state index contributed by atoms with van der Waals surface area (Å²) in [5.74, 6) is 1.12. The number of nitrogens with zero attached hydrogens (tertiary/aromatic N) is 4. The standard InChI is InChI=1S/C25H24Cl2N4S/c26-20-14-21(27)16-22(15-20)32-30-12-10-29(11-13-30)18-25-28-23-8-4-5-9-24(23)31(25)17-19-6-2-1-3-7-19/h1-9,14-16H,10-13,17-18H2. The summed E-state index contributed by atoms with van der Waals surface area (Å²) in [5.41, 5.74) is 3.54. The summed E-state index contributed by atoms with van der Waals surface area (Å²) in [4.78, 5) is 8.56. The van der Waals surface area contributed by atoms with Gasteiger partial charge in [0.25, 0.3) is 0 Å². The fourth-order valence-corrected chi connectivity index (χ4v) is 5.76. The van der Waals surface area contributed by atoms with Gasteiger partial charge in [0.15, 0.2) is 0 Å². The van der Waals surface area contributed by atoms with Gasteiger partial charge in [-0.3, -0.25) is 4.90 Å². The van der Waals surface area contributed by atoms with Crippen LogP contribution in [0.4, 0.5) is 0 Å². The molecule has 1 aliphatic heterocycles. The van der Waals surface area contributed by atoms with Crippen LogP contribution in [0.3, 0.4) is 0 Å². The van der Waals surface area contributed by atoms with Gasteiger partial charge in [-0.05, 0) is 47.8 Å². The fourth-order valence-electron chi connectivity index (χ4n) is 4.10. The highest BCUT2D eigenvalue weighted by atomic mass is 35.5. The second-order valence-corrected chi connectivity index (χ2v) is 10.0.